The van der Waals surface area contributed by atoms with E-state index in [2.05, 4.69) is 11.5 Å². The monoisotopic (exact) mass is 304 g/mol. The van der Waals surface area contributed by atoms with Gasteiger partial charge in [0.2, 0.25) is 0 Å². The molecule has 0 aliphatic carbocycles. The van der Waals surface area contributed by atoms with Gasteiger partial charge in [0.15, 0.2) is 0 Å². The van der Waals surface area contributed by atoms with Gasteiger partial charge in [-0.05, 0) is 45.4 Å². The van der Waals surface area contributed by atoms with Crippen molar-refractivity contribution < 1.29 is 30.5 Å². The molecule has 0 saturated heterocycles. The Morgan fingerprint density at radius 2 is 1.38 bits per heavy atom. The van der Waals surface area contributed by atoms with E-state index in [0.717, 1.165) is 51.6 Å². The SMILES string of the molecule is CC(COC(=O)CCCCC[NH3+])OC(=O)CCCCC[NH3+]. The van der Waals surface area contributed by atoms with Crippen LogP contribution in [-0.2, 0) is 19.1 Å². The maximum atomic E-state index is 11.5. The van der Waals surface area contributed by atoms with Gasteiger partial charge in [0.1, 0.15) is 12.7 Å². The topological polar surface area (TPSA) is 108 Å². The summed E-state index contributed by atoms with van der Waals surface area (Å²) >= 11 is 0. The number of ether oxygens (including phenoxy) is 2. The lowest BCUT2D eigenvalue weighted by Crippen LogP contribution is -2.50. The number of rotatable bonds is 13. The van der Waals surface area contributed by atoms with Crippen LogP contribution in [0.15, 0.2) is 0 Å². The molecule has 0 bridgehead atoms. The van der Waals surface area contributed by atoms with Gasteiger partial charge < -0.3 is 20.9 Å². The standard InChI is InChI=1S/C15H30N2O4/c1-13(21-15(19)9-5-3-7-11-17)12-20-14(18)8-4-2-6-10-16/h13H,2-12,16-17H2,1H3/p+2. The van der Waals surface area contributed by atoms with Gasteiger partial charge in [-0.25, -0.2) is 0 Å². The Morgan fingerprint density at radius 3 is 1.90 bits per heavy atom. The van der Waals surface area contributed by atoms with Crippen molar-refractivity contribution in [2.45, 2.75) is 64.4 Å². The quantitative estimate of drug-likeness (QED) is 0.370. The summed E-state index contributed by atoms with van der Waals surface area (Å²) in [5.41, 5.74) is 7.51. The second kappa shape index (κ2) is 13.8. The molecule has 0 spiro atoms. The maximum Gasteiger partial charge on any atom is 0.306 e. The van der Waals surface area contributed by atoms with Crippen LogP contribution < -0.4 is 11.5 Å². The Morgan fingerprint density at radius 1 is 0.857 bits per heavy atom. The fraction of sp³-hybridized carbons (Fsp3) is 0.867. The minimum absolute atomic E-state index is 0.138. The Balaban J connectivity index is 3.57. The zero-order valence-electron chi connectivity index (χ0n) is 13.4. The Hall–Kier alpha value is -1.14. The highest BCUT2D eigenvalue weighted by Crippen LogP contribution is 2.04. The van der Waals surface area contributed by atoms with Gasteiger partial charge in [-0.1, -0.05) is 0 Å². The van der Waals surface area contributed by atoms with Gasteiger partial charge in [-0.3, -0.25) is 9.59 Å². The van der Waals surface area contributed by atoms with Crippen LogP contribution in [-0.4, -0.2) is 37.7 Å². The Labute approximate surface area is 127 Å². The highest BCUT2D eigenvalue weighted by molar-refractivity contribution is 5.70. The number of quaternary nitrogens is 2. The maximum absolute atomic E-state index is 11.5. The first kappa shape index (κ1) is 19.9. The molecule has 6 N–H and O–H groups in total. The Bertz CT molecular complexity index is 285. The zero-order chi connectivity index (χ0) is 15.9. The van der Waals surface area contributed by atoms with Crippen molar-refractivity contribution in [3.63, 3.8) is 0 Å². The van der Waals surface area contributed by atoms with E-state index in [-0.39, 0.29) is 24.6 Å². The summed E-state index contributed by atoms with van der Waals surface area (Å²) in [5, 5.41) is 0. The first-order valence-electron chi connectivity index (χ1n) is 8.03. The summed E-state index contributed by atoms with van der Waals surface area (Å²) in [6.45, 7) is 3.68. The number of hydrogen-bond acceptors (Lipinski definition) is 4. The summed E-state index contributed by atoms with van der Waals surface area (Å²) in [6.07, 6.45) is 6.18. The highest BCUT2D eigenvalue weighted by atomic mass is 16.6. The number of hydrogen-bond donors (Lipinski definition) is 2. The predicted octanol–water partition coefficient (Wildman–Crippen LogP) is 0.0659. The van der Waals surface area contributed by atoms with Crippen LogP contribution in [0.5, 0.6) is 0 Å². The normalized spacial score (nSPS) is 12.0. The average Bonchev–Trinajstić information content (AvgIpc) is 2.46. The molecule has 21 heavy (non-hydrogen) atoms. The van der Waals surface area contributed by atoms with E-state index < -0.39 is 0 Å². The highest BCUT2D eigenvalue weighted by Gasteiger charge is 2.12. The van der Waals surface area contributed by atoms with Gasteiger partial charge in [0.05, 0.1) is 13.1 Å². The van der Waals surface area contributed by atoms with Crippen molar-refractivity contribution in [1.29, 1.82) is 0 Å². The Kier molecular flexibility index (Phi) is 13.1. The number of carbonyl (C=O) groups excluding carboxylic acids is 2. The predicted molar refractivity (Wildman–Crippen MR) is 79.0 cm³/mol. The molecule has 0 aromatic heterocycles. The van der Waals surface area contributed by atoms with E-state index >= 15 is 0 Å². The number of carbonyl (C=O) groups is 2. The number of unbranched alkanes of at least 4 members (excludes halogenated alkanes) is 4. The molecular formula is C15H32N2O4+2. The summed E-state index contributed by atoms with van der Waals surface area (Å²) in [4.78, 5) is 23.0. The molecule has 0 aromatic carbocycles. The second-order valence-corrected chi connectivity index (χ2v) is 5.31. The molecule has 6 heteroatoms. The molecule has 0 rings (SSSR count). The summed E-state index contributed by atoms with van der Waals surface area (Å²) in [6, 6.07) is 0. The second-order valence-electron chi connectivity index (χ2n) is 5.31. The lowest BCUT2D eigenvalue weighted by atomic mass is 10.2. The third-order valence-electron chi connectivity index (χ3n) is 3.07. The molecule has 1 unspecified atom stereocenters. The smallest absolute Gasteiger partial charge is 0.306 e. The van der Waals surface area contributed by atoms with E-state index in [1.807, 2.05) is 0 Å². The fourth-order valence-corrected chi connectivity index (χ4v) is 1.85. The van der Waals surface area contributed by atoms with Crippen LogP contribution in [0, 0.1) is 0 Å². The fourth-order valence-electron chi connectivity index (χ4n) is 1.85. The van der Waals surface area contributed by atoms with Gasteiger partial charge in [-0.2, -0.15) is 0 Å². The molecule has 6 nitrogen and oxygen atoms in total. The van der Waals surface area contributed by atoms with Gasteiger partial charge in [0, 0.05) is 12.8 Å². The third-order valence-corrected chi connectivity index (χ3v) is 3.07. The van der Waals surface area contributed by atoms with E-state index in [4.69, 9.17) is 9.47 Å². The van der Waals surface area contributed by atoms with Crippen molar-refractivity contribution in [1.82, 2.24) is 0 Å². The van der Waals surface area contributed by atoms with E-state index in [1.165, 1.54) is 0 Å². The largest absolute Gasteiger partial charge is 0.462 e. The molecular weight excluding hydrogens is 272 g/mol. The molecule has 0 aliphatic rings. The molecule has 124 valence electrons. The van der Waals surface area contributed by atoms with Gasteiger partial charge in [-0.15, -0.1) is 0 Å². The van der Waals surface area contributed by atoms with Crippen LogP contribution in [0.3, 0.4) is 0 Å². The van der Waals surface area contributed by atoms with Crippen LogP contribution >= 0.6 is 0 Å². The van der Waals surface area contributed by atoms with Crippen LogP contribution in [0.1, 0.15) is 58.3 Å². The molecule has 0 radical (unpaired) electrons. The van der Waals surface area contributed by atoms with Crippen molar-refractivity contribution in [3.05, 3.63) is 0 Å². The van der Waals surface area contributed by atoms with Crippen LogP contribution in [0.2, 0.25) is 0 Å². The average molecular weight is 304 g/mol. The lowest BCUT2D eigenvalue weighted by molar-refractivity contribution is -0.368. The molecule has 0 aromatic rings. The van der Waals surface area contributed by atoms with E-state index in [9.17, 15) is 9.59 Å². The van der Waals surface area contributed by atoms with Crippen molar-refractivity contribution >= 4 is 11.9 Å². The molecule has 0 heterocycles. The summed E-state index contributed by atoms with van der Waals surface area (Å²) in [5.74, 6) is -0.449. The third kappa shape index (κ3) is 13.6. The van der Waals surface area contributed by atoms with Crippen molar-refractivity contribution in [2.24, 2.45) is 0 Å². The molecule has 0 aliphatic heterocycles. The molecule has 0 saturated carbocycles. The summed E-state index contributed by atoms with van der Waals surface area (Å²) in [7, 11) is 0. The lowest BCUT2D eigenvalue weighted by Gasteiger charge is -2.13. The first-order chi connectivity index (χ1) is 10.1. The molecule has 0 fully saturated rings. The number of esters is 2. The van der Waals surface area contributed by atoms with Crippen molar-refractivity contribution in [2.75, 3.05) is 19.7 Å². The van der Waals surface area contributed by atoms with E-state index in [1.54, 1.807) is 6.92 Å². The zero-order valence-corrected chi connectivity index (χ0v) is 13.4. The van der Waals surface area contributed by atoms with Gasteiger partial charge >= 0.3 is 11.9 Å². The minimum atomic E-state index is -0.380. The molecule has 1 atom stereocenters. The van der Waals surface area contributed by atoms with Crippen molar-refractivity contribution in [3.8, 4) is 0 Å². The molecule has 0 amide bonds. The van der Waals surface area contributed by atoms with Crippen LogP contribution in [0.25, 0.3) is 0 Å². The minimum Gasteiger partial charge on any atom is -0.462 e. The van der Waals surface area contributed by atoms with Crippen LogP contribution in [0.4, 0.5) is 0 Å². The summed E-state index contributed by atoms with van der Waals surface area (Å²) < 4.78 is 10.3. The first-order valence-corrected chi connectivity index (χ1v) is 8.03. The van der Waals surface area contributed by atoms with E-state index in [0.29, 0.717) is 12.8 Å². The van der Waals surface area contributed by atoms with Gasteiger partial charge in [0.25, 0.3) is 0 Å².